The number of carbonyl (C=O) groups excluding carboxylic acids is 1. The maximum atomic E-state index is 11.8. The Morgan fingerprint density at radius 3 is 0.938 bits per heavy atom. The molecule has 0 atom stereocenters. The predicted molar refractivity (Wildman–Crippen MR) is 177 cm³/mol. The minimum Gasteiger partial charge on any atom is -0.491 e. The smallest absolute Gasteiger partial charge is 0.338 e. The standard InChI is InChI=1S/C35H54O13/c36-35(33-7-3-1-4-8-33)48-32-30-46-28-26-44-24-22-42-20-18-40-16-14-38-12-11-37-13-15-39-17-19-41-21-23-43-25-27-45-29-31-47-34-9-5-2-6-10-34/h1-10H,11-32H2. The van der Waals surface area contributed by atoms with Gasteiger partial charge >= 0.3 is 5.97 Å². The van der Waals surface area contributed by atoms with Gasteiger partial charge in [-0.1, -0.05) is 36.4 Å². The molecule has 0 aliphatic heterocycles. The molecule has 0 N–H and O–H groups in total. The van der Waals surface area contributed by atoms with E-state index in [2.05, 4.69) is 0 Å². The number of hydrogen-bond donors (Lipinski definition) is 0. The number of para-hydroxylation sites is 1. The van der Waals surface area contributed by atoms with Crippen LogP contribution in [0.5, 0.6) is 5.75 Å². The fourth-order valence-corrected chi connectivity index (χ4v) is 3.67. The Kier molecular flexibility index (Phi) is 28.4. The Hall–Kier alpha value is -2.69. The van der Waals surface area contributed by atoms with E-state index in [1.807, 2.05) is 36.4 Å². The Bertz CT molecular complexity index is 952. The molecule has 0 heterocycles. The number of ether oxygens (including phenoxy) is 12. The second-order valence-electron chi connectivity index (χ2n) is 9.79. The molecular weight excluding hydrogens is 628 g/mol. The lowest BCUT2D eigenvalue weighted by molar-refractivity contribution is -0.0273. The van der Waals surface area contributed by atoms with E-state index < -0.39 is 0 Å². The van der Waals surface area contributed by atoms with Crippen LogP contribution in [0.4, 0.5) is 0 Å². The third-order valence-corrected chi connectivity index (χ3v) is 6.06. The molecule has 0 aromatic heterocycles. The van der Waals surface area contributed by atoms with Crippen molar-refractivity contribution >= 4 is 5.97 Å². The van der Waals surface area contributed by atoms with Crippen LogP contribution in [0.15, 0.2) is 60.7 Å². The van der Waals surface area contributed by atoms with Crippen molar-refractivity contribution < 1.29 is 61.6 Å². The van der Waals surface area contributed by atoms with Gasteiger partial charge in [-0.15, -0.1) is 0 Å². The first-order valence-corrected chi connectivity index (χ1v) is 16.5. The van der Waals surface area contributed by atoms with E-state index >= 15 is 0 Å². The summed E-state index contributed by atoms with van der Waals surface area (Å²) in [5, 5.41) is 0. The van der Waals surface area contributed by atoms with Crippen molar-refractivity contribution in [2.24, 2.45) is 0 Å². The lowest BCUT2D eigenvalue weighted by atomic mass is 10.2. The van der Waals surface area contributed by atoms with E-state index in [-0.39, 0.29) is 12.6 Å². The first-order chi connectivity index (χ1) is 23.9. The van der Waals surface area contributed by atoms with Gasteiger partial charge in [-0.2, -0.15) is 0 Å². The highest BCUT2D eigenvalue weighted by molar-refractivity contribution is 5.89. The average molecular weight is 683 g/mol. The molecule has 2 aromatic rings. The van der Waals surface area contributed by atoms with Gasteiger partial charge in [-0.05, 0) is 24.3 Å². The van der Waals surface area contributed by atoms with Crippen molar-refractivity contribution in [2.75, 3.05) is 145 Å². The van der Waals surface area contributed by atoms with Gasteiger partial charge in [0.2, 0.25) is 0 Å². The third kappa shape index (κ3) is 26.3. The van der Waals surface area contributed by atoms with E-state index in [9.17, 15) is 4.79 Å². The van der Waals surface area contributed by atoms with E-state index in [4.69, 9.17) is 56.8 Å². The quantitative estimate of drug-likeness (QED) is 0.0781. The number of rotatable bonds is 35. The Labute approximate surface area is 284 Å². The molecule has 0 saturated heterocycles. The molecule has 0 fully saturated rings. The molecule has 13 heteroatoms. The zero-order valence-electron chi connectivity index (χ0n) is 28.1. The van der Waals surface area contributed by atoms with Crippen molar-refractivity contribution in [1.82, 2.24) is 0 Å². The first kappa shape index (κ1) is 41.5. The Balaban J connectivity index is 1.14. The topological polar surface area (TPSA) is 128 Å². The summed E-state index contributed by atoms with van der Waals surface area (Å²) in [7, 11) is 0. The number of esters is 1. The SMILES string of the molecule is O=C(OCCOCCOCCOCCOCCOCCOCCOCCOCCOCCOCCOc1ccccc1)c1ccccc1. The second-order valence-corrected chi connectivity index (χ2v) is 9.79. The molecule has 0 spiro atoms. The zero-order chi connectivity index (χ0) is 33.8. The summed E-state index contributed by atoms with van der Waals surface area (Å²) in [6.45, 7) is 10.4. The molecule has 0 bridgehead atoms. The molecule has 48 heavy (non-hydrogen) atoms. The highest BCUT2D eigenvalue weighted by atomic mass is 16.6. The molecule has 2 rings (SSSR count). The number of carbonyl (C=O) groups is 1. The molecule has 0 aliphatic carbocycles. The lowest BCUT2D eigenvalue weighted by Gasteiger charge is -2.09. The lowest BCUT2D eigenvalue weighted by Crippen LogP contribution is -2.15. The maximum absolute atomic E-state index is 11.8. The van der Waals surface area contributed by atoms with Crippen LogP contribution >= 0.6 is 0 Å². The average Bonchev–Trinajstić information content (AvgIpc) is 3.12. The van der Waals surface area contributed by atoms with Gasteiger partial charge in [0.1, 0.15) is 19.0 Å². The minimum atomic E-state index is -0.357. The van der Waals surface area contributed by atoms with Gasteiger partial charge in [0, 0.05) is 0 Å². The van der Waals surface area contributed by atoms with Gasteiger partial charge < -0.3 is 56.8 Å². The summed E-state index contributed by atoms with van der Waals surface area (Å²) < 4.78 is 65.3. The van der Waals surface area contributed by atoms with Gasteiger partial charge in [-0.25, -0.2) is 4.79 Å². The van der Waals surface area contributed by atoms with Crippen LogP contribution in [0.1, 0.15) is 10.4 Å². The Morgan fingerprint density at radius 1 is 0.333 bits per heavy atom. The fourth-order valence-electron chi connectivity index (χ4n) is 3.67. The molecule has 272 valence electrons. The van der Waals surface area contributed by atoms with Crippen LogP contribution < -0.4 is 4.74 Å². The molecule has 0 amide bonds. The molecular formula is C35H54O13. The minimum absolute atomic E-state index is 0.201. The van der Waals surface area contributed by atoms with Crippen LogP contribution in [0.25, 0.3) is 0 Å². The van der Waals surface area contributed by atoms with Crippen molar-refractivity contribution in [2.45, 2.75) is 0 Å². The maximum Gasteiger partial charge on any atom is 0.338 e. The van der Waals surface area contributed by atoms with Gasteiger partial charge in [0.15, 0.2) is 0 Å². The van der Waals surface area contributed by atoms with Gasteiger partial charge in [0.25, 0.3) is 0 Å². The predicted octanol–water partition coefficient (Wildman–Crippen LogP) is 3.09. The monoisotopic (exact) mass is 682 g/mol. The summed E-state index contributed by atoms with van der Waals surface area (Å²) in [5.74, 6) is 0.484. The molecule has 2 aromatic carbocycles. The van der Waals surface area contributed by atoms with E-state index in [1.54, 1.807) is 24.3 Å². The molecule has 0 aliphatic rings. The van der Waals surface area contributed by atoms with Crippen LogP contribution in [0.2, 0.25) is 0 Å². The van der Waals surface area contributed by atoms with Crippen LogP contribution in [0, 0.1) is 0 Å². The van der Waals surface area contributed by atoms with E-state index in [0.29, 0.717) is 144 Å². The first-order valence-electron chi connectivity index (χ1n) is 16.5. The van der Waals surface area contributed by atoms with Crippen molar-refractivity contribution in [3.8, 4) is 5.75 Å². The molecule has 0 saturated carbocycles. The van der Waals surface area contributed by atoms with Crippen LogP contribution in [0.3, 0.4) is 0 Å². The summed E-state index contributed by atoms with van der Waals surface area (Å²) in [4.78, 5) is 11.8. The zero-order valence-corrected chi connectivity index (χ0v) is 28.1. The van der Waals surface area contributed by atoms with Crippen molar-refractivity contribution in [1.29, 1.82) is 0 Å². The number of hydrogen-bond acceptors (Lipinski definition) is 13. The summed E-state index contributed by atoms with van der Waals surface area (Å²) in [5.41, 5.74) is 0.525. The normalized spacial score (nSPS) is 11.2. The largest absolute Gasteiger partial charge is 0.491 e. The van der Waals surface area contributed by atoms with Crippen LogP contribution in [-0.4, -0.2) is 151 Å². The highest BCUT2D eigenvalue weighted by Crippen LogP contribution is 2.07. The van der Waals surface area contributed by atoms with Crippen molar-refractivity contribution in [3.63, 3.8) is 0 Å². The van der Waals surface area contributed by atoms with E-state index in [1.165, 1.54) is 0 Å². The van der Waals surface area contributed by atoms with Gasteiger partial charge in [-0.3, -0.25) is 0 Å². The van der Waals surface area contributed by atoms with E-state index in [0.717, 1.165) is 5.75 Å². The summed E-state index contributed by atoms with van der Waals surface area (Å²) in [6, 6.07) is 18.5. The van der Waals surface area contributed by atoms with Crippen molar-refractivity contribution in [3.05, 3.63) is 66.2 Å². The summed E-state index contributed by atoms with van der Waals surface area (Å²) >= 11 is 0. The fraction of sp³-hybridized carbons (Fsp3) is 0.629. The highest BCUT2D eigenvalue weighted by Gasteiger charge is 2.05. The Morgan fingerprint density at radius 2 is 0.604 bits per heavy atom. The second kappa shape index (κ2) is 32.8. The summed E-state index contributed by atoms with van der Waals surface area (Å²) in [6.07, 6.45) is 0. The molecule has 0 unspecified atom stereocenters. The van der Waals surface area contributed by atoms with Crippen LogP contribution in [-0.2, 0) is 52.1 Å². The van der Waals surface area contributed by atoms with Gasteiger partial charge in [0.05, 0.1) is 138 Å². The molecule has 0 radical (unpaired) electrons. The third-order valence-electron chi connectivity index (χ3n) is 6.06. The number of benzene rings is 2. The molecule has 13 nitrogen and oxygen atoms in total.